The normalized spacial score (nSPS) is 13.4. The zero-order valence-electron chi connectivity index (χ0n) is 16.3. The first kappa shape index (κ1) is 18.6. The minimum atomic E-state index is -3.69. The maximum Gasteiger partial charge on any atom is 0.264 e. The molecule has 0 unspecified atom stereocenters. The maximum absolute atomic E-state index is 13.3. The van der Waals surface area contributed by atoms with Crippen molar-refractivity contribution in [3.05, 3.63) is 83.9 Å². The first-order valence-corrected chi connectivity index (χ1v) is 11.1. The van der Waals surface area contributed by atoms with Crippen molar-refractivity contribution in [3.8, 4) is 22.8 Å². The minimum absolute atomic E-state index is 0.201. The van der Waals surface area contributed by atoms with E-state index in [1.807, 2.05) is 55.5 Å². The van der Waals surface area contributed by atoms with Crippen LogP contribution in [0.25, 0.3) is 22.8 Å². The number of hydrogen-bond acceptors (Lipinski definition) is 5. The van der Waals surface area contributed by atoms with E-state index in [9.17, 15) is 8.42 Å². The third-order valence-electron chi connectivity index (χ3n) is 5.25. The zero-order valence-corrected chi connectivity index (χ0v) is 17.1. The topological polar surface area (TPSA) is 76.3 Å². The van der Waals surface area contributed by atoms with Crippen LogP contribution in [0.3, 0.4) is 0 Å². The van der Waals surface area contributed by atoms with Crippen molar-refractivity contribution in [1.82, 2.24) is 10.1 Å². The smallest absolute Gasteiger partial charge is 0.264 e. The molecule has 5 rings (SSSR count). The molecule has 0 amide bonds. The van der Waals surface area contributed by atoms with Gasteiger partial charge in [-0.1, -0.05) is 59.3 Å². The number of hydrogen-bond donors (Lipinski definition) is 0. The molecule has 30 heavy (non-hydrogen) atoms. The molecule has 0 saturated carbocycles. The van der Waals surface area contributed by atoms with E-state index in [0.717, 1.165) is 22.4 Å². The van der Waals surface area contributed by atoms with E-state index in [-0.39, 0.29) is 10.8 Å². The first-order valence-electron chi connectivity index (χ1n) is 9.64. The SMILES string of the molecule is Cc1ccc(-c2noc(-c3cccc(S(=O)(=O)N4CCc5ccccc54)c3)n2)cc1. The Hall–Kier alpha value is -3.45. The molecule has 3 aromatic carbocycles. The van der Waals surface area contributed by atoms with Gasteiger partial charge in [-0.25, -0.2) is 8.42 Å². The summed E-state index contributed by atoms with van der Waals surface area (Å²) in [5.74, 6) is 0.746. The molecule has 1 aliphatic rings. The quantitative estimate of drug-likeness (QED) is 0.490. The van der Waals surface area contributed by atoms with Gasteiger partial charge in [-0.05, 0) is 43.2 Å². The predicted molar refractivity (Wildman–Crippen MR) is 115 cm³/mol. The van der Waals surface area contributed by atoms with Crippen molar-refractivity contribution in [2.75, 3.05) is 10.8 Å². The fourth-order valence-corrected chi connectivity index (χ4v) is 5.18. The average molecular weight is 417 g/mol. The number of aromatic nitrogens is 2. The summed E-state index contributed by atoms with van der Waals surface area (Å²) in [5, 5.41) is 4.05. The second-order valence-electron chi connectivity index (χ2n) is 7.27. The highest BCUT2D eigenvalue weighted by Crippen LogP contribution is 2.33. The molecule has 0 fully saturated rings. The highest BCUT2D eigenvalue weighted by Gasteiger charge is 2.31. The van der Waals surface area contributed by atoms with Crippen molar-refractivity contribution in [2.45, 2.75) is 18.2 Å². The number of anilines is 1. The van der Waals surface area contributed by atoms with Gasteiger partial charge in [0.2, 0.25) is 5.82 Å². The van der Waals surface area contributed by atoms with Gasteiger partial charge in [0.25, 0.3) is 15.9 Å². The zero-order chi connectivity index (χ0) is 20.7. The van der Waals surface area contributed by atoms with Crippen molar-refractivity contribution < 1.29 is 12.9 Å². The lowest BCUT2D eigenvalue weighted by molar-refractivity contribution is 0.432. The molecule has 0 saturated heterocycles. The van der Waals surface area contributed by atoms with Crippen molar-refractivity contribution in [3.63, 3.8) is 0 Å². The number of sulfonamides is 1. The summed E-state index contributed by atoms with van der Waals surface area (Å²) >= 11 is 0. The monoisotopic (exact) mass is 417 g/mol. The van der Waals surface area contributed by atoms with Gasteiger partial charge in [-0.2, -0.15) is 4.98 Å². The predicted octanol–water partition coefficient (Wildman–Crippen LogP) is 4.46. The lowest BCUT2D eigenvalue weighted by atomic mass is 10.1. The highest BCUT2D eigenvalue weighted by molar-refractivity contribution is 7.92. The van der Waals surface area contributed by atoms with Crippen LogP contribution in [0.15, 0.2) is 82.2 Å². The Morgan fingerprint density at radius 1 is 0.933 bits per heavy atom. The van der Waals surface area contributed by atoms with Crippen LogP contribution < -0.4 is 4.31 Å². The van der Waals surface area contributed by atoms with Crippen LogP contribution in [0, 0.1) is 6.92 Å². The van der Waals surface area contributed by atoms with E-state index in [4.69, 9.17) is 4.52 Å². The van der Waals surface area contributed by atoms with Crippen LogP contribution in [-0.2, 0) is 16.4 Å². The first-order chi connectivity index (χ1) is 14.5. The lowest BCUT2D eigenvalue weighted by Crippen LogP contribution is -2.29. The van der Waals surface area contributed by atoms with E-state index in [1.54, 1.807) is 24.3 Å². The molecule has 0 spiro atoms. The van der Waals surface area contributed by atoms with Crippen molar-refractivity contribution in [2.24, 2.45) is 0 Å². The minimum Gasteiger partial charge on any atom is -0.334 e. The summed E-state index contributed by atoms with van der Waals surface area (Å²) in [4.78, 5) is 4.65. The summed E-state index contributed by atoms with van der Waals surface area (Å²) in [6, 6.07) is 22.0. The largest absolute Gasteiger partial charge is 0.334 e. The molecule has 0 N–H and O–H groups in total. The summed E-state index contributed by atoms with van der Waals surface area (Å²) in [7, 11) is -3.69. The third-order valence-corrected chi connectivity index (χ3v) is 7.06. The van der Waals surface area contributed by atoms with Gasteiger partial charge in [0.15, 0.2) is 0 Å². The van der Waals surface area contributed by atoms with Crippen LogP contribution in [0.1, 0.15) is 11.1 Å². The van der Waals surface area contributed by atoms with Crippen LogP contribution in [0.4, 0.5) is 5.69 Å². The van der Waals surface area contributed by atoms with Gasteiger partial charge in [0.05, 0.1) is 10.6 Å². The molecule has 4 aromatic rings. The van der Waals surface area contributed by atoms with E-state index in [1.165, 1.54) is 4.31 Å². The Morgan fingerprint density at radius 3 is 2.57 bits per heavy atom. The lowest BCUT2D eigenvalue weighted by Gasteiger charge is -2.19. The molecule has 7 heteroatoms. The van der Waals surface area contributed by atoms with Gasteiger partial charge in [0.1, 0.15) is 0 Å². The van der Waals surface area contributed by atoms with Crippen molar-refractivity contribution >= 4 is 15.7 Å². The molecular formula is C23H19N3O3S. The number of aryl methyl sites for hydroxylation is 1. The van der Waals surface area contributed by atoms with Gasteiger partial charge in [-0.3, -0.25) is 4.31 Å². The molecule has 2 heterocycles. The Morgan fingerprint density at radius 2 is 1.73 bits per heavy atom. The third kappa shape index (κ3) is 3.17. The average Bonchev–Trinajstić information content (AvgIpc) is 3.42. The Labute approximate surface area is 174 Å². The Bertz CT molecular complexity index is 1330. The maximum atomic E-state index is 13.3. The van der Waals surface area contributed by atoms with Crippen LogP contribution in [0.2, 0.25) is 0 Å². The number of rotatable bonds is 4. The fourth-order valence-electron chi connectivity index (χ4n) is 3.64. The second-order valence-corrected chi connectivity index (χ2v) is 9.14. The highest BCUT2D eigenvalue weighted by atomic mass is 32.2. The number of fused-ring (bicyclic) bond motifs is 1. The van der Waals surface area contributed by atoms with Gasteiger partial charge >= 0.3 is 0 Å². The summed E-state index contributed by atoms with van der Waals surface area (Å²) in [5.41, 5.74) is 4.32. The van der Waals surface area contributed by atoms with Crippen LogP contribution in [0.5, 0.6) is 0 Å². The number of nitrogens with zero attached hydrogens (tertiary/aromatic N) is 3. The fraction of sp³-hybridized carbons (Fsp3) is 0.130. The van der Waals surface area contributed by atoms with E-state index < -0.39 is 10.0 Å². The Balaban J connectivity index is 1.49. The summed E-state index contributed by atoms with van der Waals surface area (Å²) < 4.78 is 33.5. The molecule has 150 valence electrons. The number of benzene rings is 3. The summed E-state index contributed by atoms with van der Waals surface area (Å²) in [6.07, 6.45) is 0.707. The Kier molecular flexibility index (Phi) is 4.40. The van der Waals surface area contributed by atoms with Gasteiger partial charge < -0.3 is 4.52 Å². The van der Waals surface area contributed by atoms with Crippen molar-refractivity contribution in [1.29, 1.82) is 0 Å². The molecule has 6 nitrogen and oxygen atoms in total. The summed E-state index contributed by atoms with van der Waals surface area (Å²) in [6.45, 7) is 2.44. The van der Waals surface area contributed by atoms with Crippen LogP contribution >= 0.6 is 0 Å². The van der Waals surface area contributed by atoms with E-state index in [0.29, 0.717) is 24.4 Å². The standard InChI is InChI=1S/C23H19N3O3S/c1-16-9-11-18(12-10-16)22-24-23(29-25-22)19-6-4-7-20(15-19)30(27,28)26-14-13-17-5-2-3-8-21(17)26/h2-12,15H,13-14H2,1H3. The molecule has 0 radical (unpaired) electrons. The molecule has 0 bridgehead atoms. The van der Waals surface area contributed by atoms with Gasteiger partial charge in [-0.15, -0.1) is 0 Å². The molecule has 1 aromatic heterocycles. The van der Waals surface area contributed by atoms with E-state index in [2.05, 4.69) is 10.1 Å². The molecule has 0 aliphatic carbocycles. The molecular weight excluding hydrogens is 398 g/mol. The van der Waals surface area contributed by atoms with E-state index >= 15 is 0 Å². The number of para-hydroxylation sites is 1. The van der Waals surface area contributed by atoms with Gasteiger partial charge in [0, 0.05) is 17.7 Å². The second kappa shape index (κ2) is 7.11. The molecule has 1 aliphatic heterocycles. The molecule has 0 atom stereocenters. The van der Waals surface area contributed by atoms with Crippen LogP contribution in [-0.4, -0.2) is 25.1 Å².